The molecule has 114 valence electrons. The van der Waals surface area contributed by atoms with E-state index in [1.165, 1.54) is 0 Å². The Morgan fingerprint density at radius 2 is 2.00 bits per heavy atom. The molecule has 4 nitrogen and oxygen atoms in total. The number of Topliss-reactive ketones (excluding diaryl/α,β-unsaturated/α-hetero) is 1. The van der Waals surface area contributed by atoms with E-state index in [0.29, 0.717) is 13.0 Å². The van der Waals surface area contributed by atoms with Crippen LogP contribution in [0.1, 0.15) is 38.7 Å². The number of piperidine rings is 1. The summed E-state index contributed by atoms with van der Waals surface area (Å²) in [6.07, 6.45) is 1.99. The van der Waals surface area contributed by atoms with Crippen LogP contribution in [0.4, 0.5) is 4.79 Å². The first kappa shape index (κ1) is 15.5. The van der Waals surface area contributed by atoms with Crippen molar-refractivity contribution in [1.82, 2.24) is 4.90 Å². The first-order valence-corrected chi connectivity index (χ1v) is 7.63. The molecule has 1 fully saturated rings. The first-order valence-electron chi connectivity index (χ1n) is 7.63. The smallest absolute Gasteiger partial charge is 0.410 e. The van der Waals surface area contributed by atoms with Gasteiger partial charge in [0.25, 0.3) is 0 Å². The van der Waals surface area contributed by atoms with E-state index in [2.05, 4.69) is 0 Å². The Morgan fingerprint density at radius 1 is 1.29 bits per heavy atom. The number of ether oxygens (including phenoxy) is 1. The number of nitrogens with zero attached hydrogens (tertiary/aromatic N) is 1. The highest BCUT2D eigenvalue weighted by Gasteiger charge is 2.36. The summed E-state index contributed by atoms with van der Waals surface area (Å²) < 4.78 is 5.38. The van der Waals surface area contributed by atoms with Crippen molar-refractivity contribution in [3.63, 3.8) is 0 Å². The van der Waals surface area contributed by atoms with Gasteiger partial charge < -0.3 is 4.74 Å². The van der Waals surface area contributed by atoms with Crippen molar-refractivity contribution in [3.05, 3.63) is 35.9 Å². The molecule has 1 aromatic carbocycles. The van der Waals surface area contributed by atoms with Crippen molar-refractivity contribution in [2.24, 2.45) is 5.92 Å². The van der Waals surface area contributed by atoms with E-state index >= 15 is 0 Å². The van der Waals surface area contributed by atoms with Gasteiger partial charge in [-0.25, -0.2) is 4.79 Å². The van der Waals surface area contributed by atoms with Gasteiger partial charge in [0.1, 0.15) is 6.61 Å². The normalized spacial score (nSPS) is 21.9. The van der Waals surface area contributed by atoms with E-state index in [-0.39, 0.29) is 30.4 Å². The molecule has 0 aromatic heterocycles. The minimum absolute atomic E-state index is 0.124. The predicted molar refractivity (Wildman–Crippen MR) is 80.8 cm³/mol. The summed E-state index contributed by atoms with van der Waals surface area (Å²) in [4.78, 5) is 26.0. The maximum absolute atomic E-state index is 12.3. The summed E-state index contributed by atoms with van der Waals surface area (Å²) in [5.74, 6) is 0.328. The van der Waals surface area contributed by atoms with E-state index in [1.807, 2.05) is 44.2 Å². The van der Waals surface area contributed by atoms with Crippen molar-refractivity contribution in [2.45, 2.75) is 45.8 Å². The lowest BCUT2D eigenvalue weighted by molar-refractivity contribution is -0.126. The fraction of sp³-hybridized carbons (Fsp3) is 0.529. The van der Waals surface area contributed by atoms with Gasteiger partial charge in [0, 0.05) is 13.0 Å². The van der Waals surface area contributed by atoms with Crippen LogP contribution in [0.2, 0.25) is 0 Å². The maximum Gasteiger partial charge on any atom is 0.410 e. The Morgan fingerprint density at radius 3 is 2.67 bits per heavy atom. The molecular formula is C17H23NO3. The number of carbonyl (C=O) groups is 2. The van der Waals surface area contributed by atoms with Crippen LogP contribution >= 0.6 is 0 Å². The Labute approximate surface area is 126 Å². The number of likely N-dealkylation sites (tertiary alicyclic amines) is 1. The van der Waals surface area contributed by atoms with E-state index in [4.69, 9.17) is 4.74 Å². The number of carbonyl (C=O) groups excluding carboxylic acids is 2. The molecular weight excluding hydrogens is 266 g/mol. The van der Waals surface area contributed by atoms with Crippen LogP contribution in [0.5, 0.6) is 0 Å². The Hall–Kier alpha value is -1.84. The van der Waals surface area contributed by atoms with E-state index in [0.717, 1.165) is 18.4 Å². The molecule has 0 aliphatic carbocycles. The molecule has 0 radical (unpaired) electrons. The highest BCUT2D eigenvalue weighted by molar-refractivity contribution is 5.87. The topological polar surface area (TPSA) is 46.6 Å². The fourth-order valence-electron chi connectivity index (χ4n) is 2.90. The van der Waals surface area contributed by atoms with Crippen LogP contribution in [0.25, 0.3) is 0 Å². The van der Waals surface area contributed by atoms with Crippen LogP contribution in [0, 0.1) is 5.92 Å². The Bertz CT molecular complexity index is 486. The molecule has 1 heterocycles. The second-order valence-electron chi connectivity index (χ2n) is 5.62. The predicted octanol–water partition coefficient (Wildman–Crippen LogP) is 3.40. The van der Waals surface area contributed by atoms with Gasteiger partial charge in [-0.2, -0.15) is 0 Å². The zero-order valence-corrected chi connectivity index (χ0v) is 12.7. The first-order chi connectivity index (χ1) is 10.1. The molecule has 2 rings (SSSR count). The third kappa shape index (κ3) is 3.84. The van der Waals surface area contributed by atoms with Crippen molar-refractivity contribution < 1.29 is 14.3 Å². The number of hydrogen-bond donors (Lipinski definition) is 0. The molecule has 2 unspecified atom stereocenters. The summed E-state index contributed by atoms with van der Waals surface area (Å²) in [6, 6.07) is 9.26. The average molecular weight is 289 g/mol. The number of benzene rings is 1. The minimum atomic E-state index is -0.378. The van der Waals surface area contributed by atoms with Crippen molar-refractivity contribution in [2.75, 3.05) is 6.54 Å². The molecule has 2 atom stereocenters. The van der Waals surface area contributed by atoms with Crippen LogP contribution in [-0.4, -0.2) is 29.4 Å². The van der Waals surface area contributed by atoms with Gasteiger partial charge in [-0.15, -0.1) is 0 Å². The van der Waals surface area contributed by atoms with E-state index in [1.54, 1.807) is 4.90 Å². The highest BCUT2D eigenvalue weighted by Crippen LogP contribution is 2.25. The van der Waals surface area contributed by atoms with Gasteiger partial charge in [0.15, 0.2) is 5.78 Å². The van der Waals surface area contributed by atoms with Crippen molar-refractivity contribution in [1.29, 1.82) is 0 Å². The quantitative estimate of drug-likeness (QED) is 0.853. The molecule has 1 amide bonds. The molecule has 0 bridgehead atoms. The lowest BCUT2D eigenvalue weighted by Gasteiger charge is -2.38. The fourth-order valence-corrected chi connectivity index (χ4v) is 2.90. The summed E-state index contributed by atoms with van der Waals surface area (Å²) in [5, 5.41) is 0. The number of rotatable bonds is 4. The largest absolute Gasteiger partial charge is 0.445 e. The number of hydrogen-bond acceptors (Lipinski definition) is 3. The molecule has 4 heteroatoms. The second-order valence-corrected chi connectivity index (χ2v) is 5.62. The van der Waals surface area contributed by atoms with Crippen LogP contribution in [0.15, 0.2) is 30.3 Å². The van der Waals surface area contributed by atoms with Gasteiger partial charge in [-0.1, -0.05) is 44.2 Å². The third-order valence-corrected chi connectivity index (χ3v) is 4.05. The highest BCUT2D eigenvalue weighted by atomic mass is 16.6. The molecule has 21 heavy (non-hydrogen) atoms. The average Bonchev–Trinajstić information content (AvgIpc) is 2.52. The molecule has 1 aliphatic heterocycles. The lowest BCUT2D eigenvalue weighted by atomic mass is 9.87. The zero-order chi connectivity index (χ0) is 15.2. The van der Waals surface area contributed by atoms with Gasteiger partial charge in [-0.3, -0.25) is 9.69 Å². The SMILES string of the molecule is CCC(=O)C1C(C)CCCN1C(=O)OCc1ccccc1. The van der Waals surface area contributed by atoms with Crippen molar-refractivity contribution >= 4 is 11.9 Å². The van der Waals surface area contributed by atoms with Gasteiger partial charge in [0.05, 0.1) is 6.04 Å². The molecule has 1 aromatic rings. The Kier molecular flexibility index (Phi) is 5.37. The molecule has 0 spiro atoms. The molecule has 0 saturated carbocycles. The Balaban J connectivity index is 2.00. The van der Waals surface area contributed by atoms with Crippen molar-refractivity contribution in [3.8, 4) is 0 Å². The lowest BCUT2D eigenvalue weighted by Crippen LogP contribution is -2.51. The monoisotopic (exact) mass is 289 g/mol. The summed E-state index contributed by atoms with van der Waals surface area (Å²) in [7, 11) is 0. The summed E-state index contributed by atoms with van der Waals surface area (Å²) >= 11 is 0. The van der Waals surface area contributed by atoms with Crippen LogP contribution < -0.4 is 0 Å². The summed E-state index contributed by atoms with van der Waals surface area (Å²) in [5.41, 5.74) is 0.953. The number of amides is 1. The summed E-state index contributed by atoms with van der Waals surface area (Å²) in [6.45, 7) is 4.73. The minimum Gasteiger partial charge on any atom is -0.445 e. The van der Waals surface area contributed by atoms with Gasteiger partial charge in [0.2, 0.25) is 0 Å². The maximum atomic E-state index is 12.3. The second kappa shape index (κ2) is 7.25. The third-order valence-electron chi connectivity index (χ3n) is 4.05. The van der Waals surface area contributed by atoms with E-state index < -0.39 is 0 Å². The standard InChI is InChI=1S/C17H23NO3/c1-3-15(19)16-13(2)8-7-11-18(16)17(20)21-12-14-9-5-4-6-10-14/h4-6,9-10,13,16H,3,7-8,11-12H2,1-2H3. The zero-order valence-electron chi connectivity index (χ0n) is 12.7. The molecule has 0 N–H and O–H groups in total. The van der Waals surface area contributed by atoms with Gasteiger partial charge in [-0.05, 0) is 24.3 Å². The molecule has 1 aliphatic rings. The van der Waals surface area contributed by atoms with E-state index in [9.17, 15) is 9.59 Å². The van der Waals surface area contributed by atoms with Crippen LogP contribution in [-0.2, 0) is 16.1 Å². The van der Waals surface area contributed by atoms with Crippen LogP contribution in [0.3, 0.4) is 0 Å². The molecule has 1 saturated heterocycles. The van der Waals surface area contributed by atoms with Gasteiger partial charge >= 0.3 is 6.09 Å². The number of ketones is 1.